The Hall–Kier alpha value is -1.48. The van der Waals surface area contributed by atoms with Crippen molar-refractivity contribution in [3.05, 3.63) is 63.4 Å². The van der Waals surface area contributed by atoms with Crippen LogP contribution in [0.3, 0.4) is 0 Å². The minimum absolute atomic E-state index is 0.0437. The zero-order chi connectivity index (χ0) is 13.2. The van der Waals surface area contributed by atoms with Gasteiger partial charge >= 0.3 is 0 Å². The van der Waals surface area contributed by atoms with Crippen LogP contribution in [0.2, 0.25) is 0 Å². The van der Waals surface area contributed by atoms with E-state index in [0.29, 0.717) is 5.56 Å². The van der Waals surface area contributed by atoms with E-state index in [0.717, 1.165) is 22.9 Å². The van der Waals surface area contributed by atoms with Gasteiger partial charge in [0.2, 0.25) is 0 Å². The second-order valence-corrected chi connectivity index (χ2v) is 5.83. The third-order valence-electron chi connectivity index (χ3n) is 3.58. The summed E-state index contributed by atoms with van der Waals surface area (Å²) in [6.45, 7) is 0. The summed E-state index contributed by atoms with van der Waals surface area (Å²) in [7, 11) is 0. The van der Waals surface area contributed by atoms with Crippen molar-refractivity contribution in [1.82, 2.24) is 4.98 Å². The molecule has 3 heteroatoms. The molecule has 2 aromatic rings. The van der Waals surface area contributed by atoms with Gasteiger partial charge in [0, 0.05) is 28.0 Å². The zero-order valence-electron chi connectivity index (χ0n) is 10.5. The topological polar surface area (TPSA) is 30.0 Å². The smallest absolute Gasteiger partial charge is 0.194 e. The second kappa shape index (κ2) is 5.25. The number of fused-ring (bicyclic) bond motifs is 1. The molecule has 0 atom stereocenters. The molecule has 0 N–H and O–H groups in total. The molecule has 1 aliphatic carbocycles. The number of benzene rings is 1. The number of hydrogen-bond donors (Lipinski definition) is 0. The van der Waals surface area contributed by atoms with Gasteiger partial charge in [-0.25, -0.2) is 0 Å². The fraction of sp³-hybridized carbons (Fsp3) is 0.250. The summed E-state index contributed by atoms with van der Waals surface area (Å²) in [5.41, 5.74) is 4.13. The predicted octanol–water partition coefficient (Wildman–Crippen LogP) is 3.95. The Kier molecular flexibility index (Phi) is 3.47. The van der Waals surface area contributed by atoms with Crippen molar-refractivity contribution in [2.45, 2.75) is 25.7 Å². The highest BCUT2D eigenvalue weighted by Gasteiger charge is 2.14. The van der Waals surface area contributed by atoms with Gasteiger partial charge in [0.05, 0.1) is 0 Å². The van der Waals surface area contributed by atoms with Crippen molar-refractivity contribution >= 4 is 21.7 Å². The zero-order valence-corrected chi connectivity index (χ0v) is 12.1. The minimum atomic E-state index is 0.0437. The Morgan fingerprint density at radius 1 is 1.00 bits per heavy atom. The fourth-order valence-corrected chi connectivity index (χ4v) is 2.94. The van der Waals surface area contributed by atoms with Crippen LogP contribution in [0.1, 0.15) is 39.9 Å². The average Bonchev–Trinajstić information content (AvgIpc) is 2.46. The van der Waals surface area contributed by atoms with Crippen molar-refractivity contribution in [2.75, 3.05) is 0 Å². The number of carbonyl (C=O) groups excluding carboxylic acids is 1. The monoisotopic (exact) mass is 315 g/mol. The quantitative estimate of drug-likeness (QED) is 0.785. The van der Waals surface area contributed by atoms with Crippen LogP contribution in [0.25, 0.3) is 0 Å². The molecule has 0 spiro atoms. The van der Waals surface area contributed by atoms with Gasteiger partial charge in [0.15, 0.2) is 5.78 Å². The highest BCUT2D eigenvalue weighted by Crippen LogP contribution is 2.23. The van der Waals surface area contributed by atoms with E-state index >= 15 is 0 Å². The Bertz CT molecular complexity index is 636. The normalized spacial score (nSPS) is 13.9. The first-order chi connectivity index (χ1) is 9.24. The number of nitrogens with zero attached hydrogens (tertiary/aromatic N) is 1. The van der Waals surface area contributed by atoms with Crippen molar-refractivity contribution in [2.24, 2.45) is 0 Å². The average molecular weight is 316 g/mol. The summed E-state index contributed by atoms with van der Waals surface area (Å²) in [5.74, 6) is 0.0437. The van der Waals surface area contributed by atoms with Crippen LogP contribution < -0.4 is 0 Å². The number of aromatic nitrogens is 1. The van der Waals surface area contributed by atoms with Crippen LogP contribution in [-0.4, -0.2) is 10.8 Å². The maximum Gasteiger partial charge on any atom is 0.194 e. The second-order valence-electron chi connectivity index (χ2n) is 4.91. The summed E-state index contributed by atoms with van der Waals surface area (Å²) in [6.07, 6.45) is 8.02. The molecule has 0 unspecified atom stereocenters. The molecular weight excluding hydrogens is 302 g/mol. The Morgan fingerprint density at radius 3 is 2.58 bits per heavy atom. The predicted molar refractivity (Wildman–Crippen MR) is 78.5 cm³/mol. The molecule has 3 rings (SSSR count). The number of carbonyl (C=O) groups is 1. The van der Waals surface area contributed by atoms with Crippen LogP contribution in [0, 0.1) is 0 Å². The van der Waals surface area contributed by atoms with Crippen LogP contribution in [0.15, 0.2) is 41.1 Å². The molecule has 0 saturated heterocycles. The van der Waals surface area contributed by atoms with E-state index in [1.807, 2.05) is 12.1 Å². The van der Waals surface area contributed by atoms with Crippen LogP contribution in [0.5, 0.6) is 0 Å². The lowest BCUT2D eigenvalue weighted by Gasteiger charge is -2.16. The van der Waals surface area contributed by atoms with E-state index in [1.54, 1.807) is 12.4 Å². The first-order valence-electron chi connectivity index (χ1n) is 6.51. The number of pyridine rings is 1. The van der Waals surface area contributed by atoms with Gasteiger partial charge in [-0.05, 0) is 64.9 Å². The van der Waals surface area contributed by atoms with E-state index in [1.165, 1.54) is 24.0 Å². The van der Waals surface area contributed by atoms with Gasteiger partial charge in [-0.2, -0.15) is 0 Å². The standard InChI is InChI=1S/C16H14BrNO/c17-15-8-14(9-18-10-15)16(19)13-6-5-11-3-1-2-4-12(11)7-13/h5-10H,1-4H2. The number of rotatable bonds is 2. The molecule has 2 nitrogen and oxygen atoms in total. The van der Waals surface area contributed by atoms with Crippen LogP contribution in [-0.2, 0) is 12.8 Å². The molecule has 0 radical (unpaired) electrons. The van der Waals surface area contributed by atoms with Crippen molar-refractivity contribution in [1.29, 1.82) is 0 Å². The summed E-state index contributed by atoms with van der Waals surface area (Å²) < 4.78 is 0.830. The Labute approximate surface area is 121 Å². The van der Waals surface area contributed by atoms with Gasteiger partial charge in [-0.1, -0.05) is 12.1 Å². The van der Waals surface area contributed by atoms with Crippen LogP contribution >= 0.6 is 15.9 Å². The molecule has 96 valence electrons. The highest BCUT2D eigenvalue weighted by molar-refractivity contribution is 9.10. The number of ketones is 1. The van der Waals surface area contributed by atoms with Gasteiger partial charge in [0.25, 0.3) is 0 Å². The first kappa shape index (κ1) is 12.5. The molecule has 19 heavy (non-hydrogen) atoms. The van der Waals surface area contributed by atoms with Crippen molar-refractivity contribution < 1.29 is 4.79 Å². The number of hydrogen-bond acceptors (Lipinski definition) is 2. The maximum atomic E-state index is 12.4. The molecule has 1 aliphatic rings. The first-order valence-corrected chi connectivity index (χ1v) is 7.30. The maximum absolute atomic E-state index is 12.4. The number of halogens is 1. The van der Waals surface area contributed by atoms with E-state index in [4.69, 9.17) is 0 Å². The number of aryl methyl sites for hydroxylation is 2. The molecule has 0 bridgehead atoms. The molecule has 0 aliphatic heterocycles. The van der Waals surface area contributed by atoms with Gasteiger partial charge < -0.3 is 0 Å². The molecule has 1 aromatic heterocycles. The minimum Gasteiger partial charge on any atom is -0.289 e. The summed E-state index contributed by atoms with van der Waals surface area (Å²) in [4.78, 5) is 16.5. The lowest BCUT2D eigenvalue weighted by molar-refractivity contribution is 0.103. The molecular formula is C16H14BrNO. The lowest BCUT2D eigenvalue weighted by Crippen LogP contribution is -2.07. The molecule has 1 heterocycles. The summed E-state index contributed by atoms with van der Waals surface area (Å²) in [5, 5.41) is 0. The van der Waals surface area contributed by atoms with Gasteiger partial charge in [-0.15, -0.1) is 0 Å². The molecule has 0 saturated carbocycles. The highest BCUT2D eigenvalue weighted by atomic mass is 79.9. The van der Waals surface area contributed by atoms with Crippen LogP contribution in [0.4, 0.5) is 0 Å². The Balaban J connectivity index is 1.96. The fourth-order valence-electron chi connectivity index (χ4n) is 2.58. The largest absolute Gasteiger partial charge is 0.289 e. The van der Waals surface area contributed by atoms with Crippen molar-refractivity contribution in [3.8, 4) is 0 Å². The van der Waals surface area contributed by atoms with Crippen molar-refractivity contribution in [3.63, 3.8) is 0 Å². The van der Waals surface area contributed by atoms with Gasteiger partial charge in [-0.3, -0.25) is 9.78 Å². The third-order valence-corrected chi connectivity index (χ3v) is 4.01. The van der Waals surface area contributed by atoms with Gasteiger partial charge in [0.1, 0.15) is 0 Å². The summed E-state index contributed by atoms with van der Waals surface area (Å²) >= 11 is 3.35. The lowest BCUT2D eigenvalue weighted by atomic mass is 9.89. The molecule has 1 aromatic carbocycles. The Morgan fingerprint density at radius 2 is 1.79 bits per heavy atom. The molecule has 0 fully saturated rings. The molecule has 0 amide bonds. The summed E-state index contributed by atoms with van der Waals surface area (Å²) in [6, 6.07) is 7.91. The SMILES string of the molecule is O=C(c1cncc(Br)c1)c1ccc2c(c1)CCCC2. The van der Waals surface area contributed by atoms with E-state index in [9.17, 15) is 4.79 Å². The van der Waals surface area contributed by atoms with E-state index < -0.39 is 0 Å². The third kappa shape index (κ3) is 2.61. The van der Waals surface area contributed by atoms with E-state index in [-0.39, 0.29) is 5.78 Å². The van der Waals surface area contributed by atoms with E-state index in [2.05, 4.69) is 33.0 Å².